The Morgan fingerprint density at radius 1 is 0.164 bits per heavy atom. The molecule has 0 atom stereocenters. The van der Waals surface area contributed by atoms with Crippen LogP contribution in [-0.4, -0.2) is 18.3 Å². The number of para-hydroxylation sites is 8. The molecule has 4 aromatic heterocycles. The molecule has 128 heavy (non-hydrogen) atoms. The molecule has 6 nitrogen and oxygen atoms in total. The third kappa shape index (κ3) is 15.2. The lowest BCUT2D eigenvalue weighted by molar-refractivity contribution is 1.18. The summed E-state index contributed by atoms with van der Waals surface area (Å²) >= 11 is 3.61. The Morgan fingerprint density at radius 3 is 0.789 bits per heavy atom. The van der Waals surface area contributed by atoms with E-state index in [0.29, 0.717) is 0 Å². The van der Waals surface area contributed by atoms with Crippen molar-refractivity contribution < 1.29 is 0 Å². The highest BCUT2D eigenvalue weighted by atomic mass is 79.9. The molecule has 0 aliphatic heterocycles. The monoisotopic (exact) mass is 1700 g/mol. The lowest BCUT2D eigenvalue weighted by Crippen LogP contribution is -2.09. The van der Waals surface area contributed by atoms with Crippen LogP contribution in [0, 0.1) is 0 Å². The molecule has 0 spiro atoms. The largest absolute Gasteiger partial charge is 0.356 e. The van der Waals surface area contributed by atoms with Crippen LogP contribution in [0.2, 0.25) is 0 Å². The van der Waals surface area contributed by atoms with Gasteiger partial charge in [0.1, 0.15) is 0 Å². The second-order valence-electron chi connectivity index (χ2n) is 32.2. The maximum Gasteiger partial charge on any atom is 0.0541 e. The van der Waals surface area contributed by atoms with Crippen LogP contribution in [0.15, 0.2) is 502 Å². The maximum atomic E-state index is 3.61. The number of anilines is 5. The van der Waals surface area contributed by atoms with Gasteiger partial charge in [-0.1, -0.05) is 327 Å². The molecule has 20 aromatic carbocycles. The Bertz CT molecular complexity index is 8100. The second kappa shape index (κ2) is 34.8. The van der Waals surface area contributed by atoms with Crippen LogP contribution in [0.3, 0.4) is 0 Å². The van der Waals surface area contributed by atoms with Crippen molar-refractivity contribution in [2.24, 2.45) is 0 Å². The number of rotatable bonds is 15. The number of halogens is 1. The van der Waals surface area contributed by atoms with Crippen molar-refractivity contribution in [1.29, 1.82) is 0 Å². The lowest BCUT2D eigenvalue weighted by atomic mass is 10.0. The Hall–Kier alpha value is -16.3. The van der Waals surface area contributed by atoms with Crippen molar-refractivity contribution in [2.45, 2.75) is 7.43 Å². The molecular formula is C121H87BrN6. The Kier molecular flexibility index (Phi) is 21.4. The van der Waals surface area contributed by atoms with Crippen molar-refractivity contribution >= 4 is 132 Å². The second-order valence-corrected chi connectivity index (χ2v) is 33.1. The zero-order chi connectivity index (χ0) is 84.5. The molecule has 0 radical (unpaired) electrons. The quantitative estimate of drug-likeness (QED) is 0.111. The Labute approximate surface area is 753 Å². The predicted molar refractivity (Wildman–Crippen MR) is 548 cm³/mol. The SMILES string of the molecule is Brc1cccc(-c2ccc(-n3c4ccccc4c4cc(-c5ccc6c(c5)c5ccccc5n6-c5ccccc5)ccc43)cc2)c1.C.c1ccc(-c2ccc(N(c3ccccc3)c3cccc(-c4ccc(-n5c6ccccc6c6cc(-c7ccc8c(c7)c7ccccc7n8-c7ccccc7)ccc65)cc4)c3)cc2)cc1.c1ccc(Nc2ccc(-c3ccccc3)cc2)cc1. The minimum atomic E-state index is 0. The average Bonchev–Trinajstić information content (AvgIpc) is 1.59. The Balaban J connectivity index is 0.000000133. The summed E-state index contributed by atoms with van der Waals surface area (Å²) in [5.74, 6) is 0. The molecule has 0 saturated carbocycles. The fourth-order valence-corrected chi connectivity index (χ4v) is 18.9. The van der Waals surface area contributed by atoms with Gasteiger partial charge in [-0.3, -0.25) is 0 Å². The van der Waals surface area contributed by atoms with Gasteiger partial charge in [-0.05, 0) is 261 Å². The highest BCUT2D eigenvalue weighted by molar-refractivity contribution is 9.10. The standard InChI is InChI=1S/C60H41N3.C42H27BrN2.C18H15N.CH4/c1-4-15-42(16-5-1)43-27-33-50(34-28-43)61(48-18-6-2-7-19-48)52-22-14-17-45(39-52)44-29-35-51(36-30-44)63-58-26-13-11-24-54(58)56-41-47(32-38-60(56)63)46-31-37-59-55(40-46)53-23-10-12-25-57(53)62(59)49-20-8-3-9-21-49;43-32-10-8-9-29(25-32)28-17-21-34(22-18-28)45-40-16-7-5-14-36(40)38-27-31(20-24-42(38)45)30-19-23-41-37(26-30)35-13-4-6-15-39(35)44(41)33-11-2-1-3-12-33;1-3-7-15(8-4-1)16-11-13-18(14-12-16)19-17-9-5-2-6-10-17;/h1-41H;1-27H;1-14,19H;1H4. The number of aromatic nitrogens is 4. The number of fused-ring (bicyclic) bond motifs is 12. The zero-order valence-electron chi connectivity index (χ0n) is 69.5. The maximum absolute atomic E-state index is 3.61. The van der Waals surface area contributed by atoms with Gasteiger partial charge in [0.2, 0.25) is 0 Å². The first kappa shape index (κ1) is 78.9. The summed E-state index contributed by atoms with van der Waals surface area (Å²) in [6.07, 6.45) is 0. The fraction of sp³-hybridized carbons (Fsp3) is 0.00826. The van der Waals surface area contributed by atoms with Crippen LogP contribution in [0.25, 0.3) is 177 Å². The molecule has 0 saturated heterocycles. The van der Waals surface area contributed by atoms with E-state index in [1.165, 1.54) is 160 Å². The first-order valence-corrected chi connectivity index (χ1v) is 44.0. The molecule has 0 bridgehead atoms. The minimum Gasteiger partial charge on any atom is -0.356 e. The molecule has 0 amide bonds. The highest BCUT2D eigenvalue weighted by Crippen LogP contribution is 2.44. The first-order valence-electron chi connectivity index (χ1n) is 43.2. The van der Waals surface area contributed by atoms with Gasteiger partial charge in [0.25, 0.3) is 0 Å². The summed E-state index contributed by atoms with van der Waals surface area (Å²) < 4.78 is 10.6. The van der Waals surface area contributed by atoms with Gasteiger partial charge in [-0.2, -0.15) is 0 Å². The Morgan fingerprint density at radius 2 is 0.406 bits per heavy atom. The van der Waals surface area contributed by atoms with Crippen LogP contribution >= 0.6 is 15.9 Å². The summed E-state index contributed by atoms with van der Waals surface area (Å²) in [6.45, 7) is 0. The van der Waals surface area contributed by atoms with Crippen molar-refractivity contribution in [1.82, 2.24) is 18.3 Å². The van der Waals surface area contributed by atoms with E-state index >= 15 is 0 Å². The predicted octanol–water partition coefficient (Wildman–Crippen LogP) is 34.1. The van der Waals surface area contributed by atoms with Crippen LogP contribution in [-0.2, 0) is 0 Å². The van der Waals surface area contributed by atoms with Crippen LogP contribution in [0.5, 0.6) is 0 Å². The van der Waals surface area contributed by atoms with E-state index in [4.69, 9.17) is 0 Å². The van der Waals surface area contributed by atoms with E-state index in [0.717, 1.165) is 49.8 Å². The smallest absolute Gasteiger partial charge is 0.0541 e. The molecule has 1 N–H and O–H groups in total. The topological polar surface area (TPSA) is 35.0 Å². The van der Waals surface area contributed by atoms with Gasteiger partial charge in [0.05, 0.1) is 44.1 Å². The van der Waals surface area contributed by atoms with Gasteiger partial charge in [0.15, 0.2) is 0 Å². The first-order chi connectivity index (χ1) is 62.9. The van der Waals surface area contributed by atoms with Gasteiger partial charge in [0, 0.05) is 98.7 Å². The van der Waals surface area contributed by atoms with E-state index in [-0.39, 0.29) is 7.43 Å². The molecule has 0 aliphatic rings. The fourth-order valence-electron chi connectivity index (χ4n) is 18.5. The lowest BCUT2D eigenvalue weighted by Gasteiger charge is -2.26. The van der Waals surface area contributed by atoms with Crippen molar-refractivity contribution in [2.75, 3.05) is 10.2 Å². The molecule has 24 aromatic rings. The number of hydrogen-bond donors (Lipinski definition) is 1. The number of nitrogens with zero attached hydrogens (tertiary/aromatic N) is 5. The third-order valence-electron chi connectivity index (χ3n) is 24.5. The summed E-state index contributed by atoms with van der Waals surface area (Å²) in [5, 5.41) is 13.4. The van der Waals surface area contributed by atoms with Crippen molar-refractivity contribution in [3.05, 3.63) is 502 Å². The average molecular weight is 1700 g/mol. The molecule has 0 aliphatic carbocycles. The molecule has 24 rings (SSSR count). The van der Waals surface area contributed by atoms with Gasteiger partial charge in [-0.25, -0.2) is 0 Å². The number of benzene rings is 20. The van der Waals surface area contributed by atoms with Gasteiger partial charge >= 0.3 is 0 Å². The normalized spacial score (nSPS) is 11.3. The molecule has 0 fully saturated rings. The van der Waals surface area contributed by atoms with E-state index < -0.39 is 0 Å². The highest BCUT2D eigenvalue weighted by Gasteiger charge is 2.21. The number of nitrogens with one attached hydrogen (secondary N) is 1. The molecule has 7 heteroatoms. The summed E-state index contributed by atoms with van der Waals surface area (Å²) in [5.41, 5.74) is 34.3. The third-order valence-corrected chi connectivity index (χ3v) is 25.0. The van der Waals surface area contributed by atoms with Gasteiger partial charge < -0.3 is 28.5 Å². The van der Waals surface area contributed by atoms with Gasteiger partial charge in [-0.15, -0.1) is 0 Å². The summed E-state index contributed by atoms with van der Waals surface area (Å²) in [4.78, 5) is 2.33. The van der Waals surface area contributed by atoms with Crippen molar-refractivity contribution in [3.8, 4) is 89.5 Å². The van der Waals surface area contributed by atoms with E-state index in [1.807, 2.05) is 24.3 Å². The summed E-state index contributed by atoms with van der Waals surface area (Å²) in [6, 6.07) is 178. The number of hydrogen-bond acceptors (Lipinski definition) is 2. The van der Waals surface area contributed by atoms with E-state index in [9.17, 15) is 0 Å². The van der Waals surface area contributed by atoms with Crippen molar-refractivity contribution in [3.63, 3.8) is 0 Å². The molecule has 4 heterocycles. The van der Waals surface area contributed by atoms with Crippen LogP contribution in [0.1, 0.15) is 7.43 Å². The van der Waals surface area contributed by atoms with Crippen LogP contribution in [0.4, 0.5) is 28.4 Å². The molecular weight excluding hydrogens is 1620 g/mol. The zero-order valence-corrected chi connectivity index (χ0v) is 71.0. The van der Waals surface area contributed by atoms with E-state index in [2.05, 4.69) is 518 Å². The molecule has 0 unspecified atom stereocenters. The molecule has 608 valence electrons. The summed E-state index contributed by atoms with van der Waals surface area (Å²) in [7, 11) is 0. The minimum absolute atomic E-state index is 0. The van der Waals surface area contributed by atoms with E-state index in [1.54, 1.807) is 0 Å². The van der Waals surface area contributed by atoms with Crippen LogP contribution < -0.4 is 10.2 Å².